The molecule has 19 heavy (non-hydrogen) atoms. The second kappa shape index (κ2) is 5.55. The van der Waals surface area contributed by atoms with Crippen LogP contribution < -0.4 is 0 Å². The molecule has 0 aliphatic rings. The van der Waals surface area contributed by atoms with Gasteiger partial charge >= 0.3 is 5.97 Å². The Morgan fingerprint density at radius 1 is 1.32 bits per heavy atom. The maximum Gasteiger partial charge on any atom is 0.339 e. The molecule has 0 fully saturated rings. The van der Waals surface area contributed by atoms with Crippen molar-refractivity contribution in [1.82, 2.24) is 4.98 Å². The van der Waals surface area contributed by atoms with Crippen molar-refractivity contribution in [3.8, 4) is 11.1 Å². The average molecular weight is 300 g/mol. The summed E-state index contributed by atoms with van der Waals surface area (Å²) in [6.45, 7) is 0. The number of pyridine rings is 1. The van der Waals surface area contributed by atoms with Crippen LogP contribution in [0, 0.1) is 5.95 Å². The lowest BCUT2D eigenvalue weighted by molar-refractivity contribution is 0.0600. The van der Waals surface area contributed by atoms with E-state index in [0.717, 1.165) is 6.20 Å². The van der Waals surface area contributed by atoms with Crippen LogP contribution >= 0.6 is 23.2 Å². The van der Waals surface area contributed by atoms with E-state index in [2.05, 4.69) is 9.72 Å². The van der Waals surface area contributed by atoms with Gasteiger partial charge in [-0.2, -0.15) is 4.39 Å². The van der Waals surface area contributed by atoms with Gasteiger partial charge in [-0.3, -0.25) is 0 Å². The molecule has 0 unspecified atom stereocenters. The first-order chi connectivity index (χ1) is 9.04. The van der Waals surface area contributed by atoms with E-state index in [1.54, 1.807) is 18.2 Å². The van der Waals surface area contributed by atoms with Crippen molar-refractivity contribution in [2.75, 3.05) is 7.11 Å². The monoisotopic (exact) mass is 299 g/mol. The molecule has 0 bridgehead atoms. The molecule has 0 aliphatic carbocycles. The summed E-state index contributed by atoms with van der Waals surface area (Å²) in [5.74, 6) is -1.38. The molecule has 98 valence electrons. The van der Waals surface area contributed by atoms with E-state index in [-0.39, 0.29) is 21.2 Å². The molecule has 2 rings (SSSR count). The lowest BCUT2D eigenvalue weighted by Gasteiger charge is -2.09. The van der Waals surface area contributed by atoms with E-state index in [9.17, 15) is 9.18 Å². The zero-order valence-corrected chi connectivity index (χ0v) is 11.3. The Morgan fingerprint density at radius 3 is 2.53 bits per heavy atom. The molecule has 1 aromatic heterocycles. The van der Waals surface area contributed by atoms with Gasteiger partial charge in [0, 0.05) is 17.3 Å². The first-order valence-corrected chi connectivity index (χ1v) is 5.98. The zero-order valence-electron chi connectivity index (χ0n) is 9.78. The van der Waals surface area contributed by atoms with Crippen molar-refractivity contribution in [2.24, 2.45) is 0 Å². The van der Waals surface area contributed by atoms with Crippen LogP contribution in [0.3, 0.4) is 0 Å². The highest BCUT2D eigenvalue weighted by atomic mass is 35.5. The molecule has 0 atom stereocenters. The fraction of sp³-hybridized carbons (Fsp3) is 0.0769. The number of carbonyl (C=O) groups excluding carboxylic acids is 1. The Bertz CT molecular complexity index is 626. The minimum atomic E-state index is -0.761. The third kappa shape index (κ3) is 2.69. The maximum atomic E-state index is 13.8. The molecular formula is C13H8Cl2FNO2. The Labute approximate surface area is 118 Å². The number of carbonyl (C=O) groups is 1. The molecule has 0 spiro atoms. The lowest BCUT2D eigenvalue weighted by Crippen LogP contribution is -2.03. The number of nitrogens with zero attached hydrogens (tertiary/aromatic N) is 1. The SMILES string of the molecule is COC(=O)c1cnc(F)c(-c2c(Cl)cccc2Cl)c1. The van der Waals surface area contributed by atoms with Crippen molar-refractivity contribution >= 4 is 29.2 Å². The fourth-order valence-electron chi connectivity index (χ4n) is 1.61. The van der Waals surface area contributed by atoms with Gasteiger partial charge < -0.3 is 4.74 Å². The molecule has 0 amide bonds. The predicted molar refractivity (Wildman–Crippen MR) is 71.0 cm³/mol. The Balaban J connectivity index is 2.65. The largest absolute Gasteiger partial charge is 0.465 e. The summed E-state index contributed by atoms with van der Waals surface area (Å²) in [4.78, 5) is 14.9. The molecule has 0 saturated heterocycles. The van der Waals surface area contributed by atoms with Gasteiger partial charge in [0.25, 0.3) is 0 Å². The van der Waals surface area contributed by atoms with Gasteiger partial charge in [0.1, 0.15) is 0 Å². The molecule has 1 aromatic carbocycles. The minimum Gasteiger partial charge on any atom is -0.465 e. The molecule has 0 radical (unpaired) electrons. The average Bonchev–Trinajstić information content (AvgIpc) is 2.39. The smallest absolute Gasteiger partial charge is 0.339 e. The maximum absolute atomic E-state index is 13.8. The zero-order chi connectivity index (χ0) is 14.0. The van der Waals surface area contributed by atoms with Gasteiger partial charge in [0.15, 0.2) is 0 Å². The highest BCUT2D eigenvalue weighted by molar-refractivity contribution is 6.39. The third-order valence-electron chi connectivity index (χ3n) is 2.49. The molecule has 3 nitrogen and oxygen atoms in total. The second-order valence-corrected chi connectivity index (χ2v) is 4.47. The summed E-state index contributed by atoms with van der Waals surface area (Å²) >= 11 is 12.0. The molecule has 0 aliphatic heterocycles. The first kappa shape index (κ1) is 13.8. The van der Waals surface area contributed by atoms with E-state index in [1.165, 1.54) is 13.2 Å². The Morgan fingerprint density at radius 2 is 1.95 bits per heavy atom. The highest BCUT2D eigenvalue weighted by Gasteiger charge is 2.17. The van der Waals surface area contributed by atoms with Gasteiger partial charge in [-0.1, -0.05) is 29.3 Å². The van der Waals surface area contributed by atoms with Crippen LogP contribution in [0.25, 0.3) is 11.1 Å². The van der Waals surface area contributed by atoms with E-state index in [1.807, 2.05) is 0 Å². The number of aromatic nitrogens is 1. The fourth-order valence-corrected chi connectivity index (χ4v) is 2.21. The molecule has 0 N–H and O–H groups in total. The molecule has 0 saturated carbocycles. The van der Waals surface area contributed by atoms with Crippen molar-refractivity contribution in [1.29, 1.82) is 0 Å². The Hall–Kier alpha value is -1.65. The number of methoxy groups -OCH3 is 1. The van der Waals surface area contributed by atoms with Gasteiger partial charge in [-0.05, 0) is 18.2 Å². The summed E-state index contributed by atoms with van der Waals surface area (Å²) in [5.41, 5.74) is 0.468. The molecular weight excluding hydrogens is 292 g/mol. The number of halogens is 3. The first-order valence-electron chi connectivity index (χ1n) is 5.23. The Kier molecular flexibility index (Phi) is 4.02. The van der Waals surface area contributed by atoms with Gasteiger partial charge in [0.2, 0.25) is 5.95 Å². The van der Waals surface area contributed by atoms with E-state index >= 15 is 0 Å². The normalized spacial score (nSPS) is 10.3. The summed E-state index contributed by atoms with van der Waals surface area (Å²) in [6.07, 6.45) is 1.09. The van der Waals surface area contributed by atoms with Gasteiger partial charge in [0.05, 0.1) is 22.7 Å². The number of benzene rings is 1. The number of esters is 1. The highest BCUT2D eigenvalue weighted by Crippen LogP contribution is 2.35. The molecule has 1 heterocycles. The summed E-state index contributed by atoms with van der Waals surface area (Å²) in [7, 11) is 1.23. The summed E-state index contributed by atoms with van der Waals surface area (Å²) < 4.78 is 18.4. The van der Waals surface area contributed by atoms with E-state index < -0.39 is 11.9 Å². The predicted octanol–water partition coefficient (Wildman–Crippen LogP) is 3.98. The summed E-state index contributed by atoms with van der Waals surface area (Å²) in [5, 5.41) is 0.547. The van der Waals surface area contributed by atoms with Crippen molar-refractivity contribution in [3.63, 3.8) is 0 Å². The lowest BCUT2D eigenvalue weighted by atomic mass is 10.1. The third-order valence-corrected chi connectivity index (χ3v) is 3.12. The van der Waals surface area contributed by atoms with Crippen LogP contribution in [0.4, 0.5) is 4.39 Å². The minimum absolute atomic E-state index is 0.0542. The topological polar surface area (TPSA) is 39.2 Å². The molecule has 2 aromatic rings. The van der Waals surface area contributed by atoms with Crippen molar-refractivity contribution < 1.29 is 13.9 Å². The van der Waals surface area contributed by atoms with Crippen molar-refractivity contribution in [2.45, 2.75) is 0 Å². The number of hydrogen-bond acceptors (Lipinski definition) is 3. The quantitative estimate of drug-likeness (QED) is 0.622. The van der Waals surface area contributed by atoms with Crippen LogP contribution in [0.5, 0.6) is 0 Å². The van der Waals surface area contributed by atoms with Gasteiger partial charge in [-0.25, -0.2) is 9.78 Å². The van der Waals surface area contributed by atoms with E-state index in [4.69, 9.17) is 23.2 Å². The van der Waals surface area contributed by atoms with Gasteiger partial charge in [-0.15, -0.1) is 0 Å². The van der Waals surface area contributed by atoms with Crippen LogP contribution in [0.1, 0.15) is 10.4 Å². The standard InChI is InChI=1S/C13H8Cl2FNO2/c1-19-13(18)7-5-8(12(16)17-6-7)11-9(14)3-2-4-10(11)15/h2-6H,1H3. The van der Waals surface area contributed by atoms with Crippen LogP contribution in [-0.2, 0) is 4.74 Å². The number of hydrogen-bond donors (Lipinski definition) is 0. The van der Waals surface area contributed by atoms with Crippen LogP contribution in [-0.4, -0.2) is 18.1 Å². The number of ether oxygens (including phenoxy) is 1. The van der Waals surface area contributed by atoms with E-state index in [0.29, 0.717) is 5.56 Å². The number of rotatable bonds is 2. The molecule has 6 heteroatoms. The van der Waals surface area contributed by atoms with Crippen LogP contribution in [0.2, 0.25) is 10.0 Å². The van der Waals surface area contributed by atoms with Crippen molar-refractivity contribution in [3.05, 3.63) is 52.0 Å². The second-order valence-electron chi connectivity index (χ2n) is 3.65. The van der Waals surface area contributed by atoms with Crippen LogP contribution in [0.15, 0.2) is 30.5 Å². The summed E-state index contributed by atoms with van der Waals surface area (Å²) in [6, 6.07) is 6.10.